The molecule has 0 aliphatic rings. The molecule has 19 heavy (non-hydrogen) atoms. The van der Waals surface area contributed by atoms with E-state index in [9.17, 15) is 9.59 Å². The Morgan fingerprint density at radius 2 is 1.89 bits per heavy atom. The number of hydrogen-bond acceptors (Lipinski definition) is 4. The fourth-order valence-corrected chi connectivity index (χ4v) is 1.43. The van der Waals surface area contributed by atoms with Crippen molar-refractivity contribution in [3.63, 3.8) is 0 Å². The molecular formula is C13H19N3O3. The number of benzene rings is 1. The lowest BCUT2D eigenvalue weighted by molar-refractivity contribution is -0.120. The normalized spacial score (nSPS) is 10.7. The highest BCUT2D eigenvalue weighted by Gasteiger charge is 2.17. The zero-order valence-corrected chi connectivity index (χ0v) is 11.3. The maximum absolute atomic E-state index is 11.7. The molecule has 6 nitrogen and oxygen atoms in total. The summed E-state index contributed by atoms with van der Waals surface area (Å²) in [7, 11) is 0. The Hall–Kier alpha value is -2.08. The van der Waals surface area contributed by atoms with Crippen LogP contribution in [-0.4, -0.2) is 17.6 Å². The number of carbonyl (C=O) groups excluding carboxylic acids is 2. The first-order valence-corrected chi connectivity index (χ1v) is 5.89. The highest BCUT2D eigenvalue weighted by atomic mass is 16.6. The van der Waals surface area contributed by atoms with Gasteiger partial charge in [-0.15, -0.1) is 0 Å². The minimum absolute atomic E-state index is 0.0858. The number of amides is 2. The molecule has 0 aliphatic heterocycles. The molecule has 0 atom stereocenters. The molecule has 0 aromatic heterocycles. The van der Waals surface area contributed by atoms with E-state index in [4.69, 9.17) is 10.6 Å². The summed E-state index contributed by atoms with van der Waals surface area (Å²) in [5.74, 6) is 4.71. The van der Waals surface area contributed by atoms with Gasteiger partial charge in [0.15, 0.2) is 0 Å². The van der Waals surface area contributed by atoms with Gasteiger partial charge in [-0.05, 0) is 32.4 Å². The first-order valence-electron chi connectivity index (χ1n) is 5.89. The predicted molar refractivity (Wildman–Crippen MR) is 72.3 cm³/mol. The number of nitrogens with two attached hydrogens (primary N) is 1. The van der Waals surface area contributed by atoms with E-state index < -0.39 is 11.7 Å². The Morgan fingerprint density at radius 1 is 1.26 bits per heavy atom. The van der Waals surface area contributed by atoms with Gasteiger partial charge < -0.3 is 4.74 Å². The summed E-state index contributed by atoms with van der Waals surface area (Å²) in [5.41, 5.74) is 2.66. The Balaban J connectivity index is 2.78. The second kappa shape index (κ2) is 6.19. The van der Waals surface area contributed by atoms with Crippen LogP contribution in [0.1, 0.15) is 26.3 Å². The predicted octanol–water partition coefficient (Wildman–Crippen LogP) is 1.57. The number of rotatable bonds is 3. The molecule has 0 aliphatic carbocycles. The van der Waals surface area contributed by atoms with E-state index in [2.05, 4.69) is 5.32 Å². The van der Waals surface area contributed by atoms with Crippen molar-refractivity contribution >= 4 is 17.7 Å². The van der Waals surface area contributed by atoms with Crippen LogP contribution in [0.5, 0.6) is 0 Å². The number of anilines is 1. The summed E-state index contributed by atoms with van der Waals surface area (Å²) >= 11 is 0. The van der Waals surface area contributed by atoms with Crippen LogP contribution in [0.3, 0.4) is 0 Å². The van der Waals surface area contributed by atoms with Crippen molar-refractivity contribution < 1.29 is 14.3 Å². The molecule has 0 heterocycles. The smallest absolute Gasteiger partial charge is 0.412 e. The van der Waals surface area contributed by atoms with Gasteiger partial charge in [0.25, 0.3) is 0 Å². The first-order chi connectivity index (χ1) is 8.81. The largest absolute Gasteiger partial charge is 0.444 e. The molecule has 0 fully saturated rings. The van der Waals surface area contributed by atoms with Crippen molar-refractivity contribution in [1.29, 1.82) is 0 Å². The topological polar surface area (TPSA) is 93.4 Å². The minimum atomic E-state index is -0.576. The van der Waals surface area contributed by atoms with E-state index in [1.807, 2.05) is 5.43 Å². The molecule has 0 spiro atoms. The Labute approximate surface area is 112 Å². The van der Waals surface area contributed by atoms with Crippen molar-refractivity contribution in [3.05, 3.63) is 29.8 Å². The average Bonchev–Trinajstić information content (AvgIpc) is 2.29. The quantitative estimate of drug-likeness (QED) is 0.439. The van der Waals surface area contributed by atoms with Crippen LogP contribution < -0.4 is 16.6 Å². The molecule has 4 N–H and O–H groups in total. The van der Waals surface area contributed by atoms with Crippen molar-refractivity contribution in [2.75, 3.05) is 5.32 Å². The zero-order valence-electron chi connectivity index (χ0n) is 11.3. The fraction of sp³-hybridized carbons (Fsp3) is 0.385. The van der Waals surface area contributed by atoms with Gasteiger partial charge in [-0.2, -0.15) is 0 Å². The van der Waals surface area contributed by atoms with E-state index in [0.29, 0.717) is 11.3 Å². The number of ether oxygens (including phenoxy) is 1. The Bertz CT molecular complexity index is 466. The summed E-state index contributed by atoms with van der Waals surface area (Å²) in [4.78, 5) is 22.9. The van der Waals surface area contributed by atoms with Crippen LogP contribution in [0.15, 0.2) is 24.3 Å². The summed E-state index contributed by atoms with van der Waals surface area (Å²) < 4.78 is 5.15. The minimum Gasteiger partial charge on any atom is -0.444 e. The molecule has 1 aromatic rings. The summed E-state index contributed by atoms with van der Waals surface area (Å²) in [6, 6.07) is 6.97. The fourth-order valence-electron chi connectivity index (χ4n) is 1.43. The van der Waals surface area contributed by atoms with Gasteiger partial charge in [0.1, 0.15) is 5.60 Å². The third-order valence-electron chi connectivity index (χ3n) is 2.16. The second-order valence-corrected chi connectivity index (χ2v) is 5.03. The highest BCUT2D eigenvalue weighted by Crippen LogP contribution is 2.17. The molecule has 6 heteroatoms. The standard InChI is InChI=1S/C13H19N3O3/c1-13(2,3)19-12(18)15-10-7-5-4-6-9(10)8-11(17)16-14/h4-7H,8,14H2,1-3H3,(H,15,18)(H,16,17). The molecule has 2 amide bonds. The van der Waals surface area contributed by atoms with Crippen LogP contribution in [0.4, 0.5) is 10.5 Å². The van der Waals surface area contributed by atoms with Gasteiger partial charge in [-0.25, -0.2) is 10.6 Å². The maximum Gasteiger partial charge on any atom is 0.412 e. The van der Waals surface area contributed by atoms with Crippen LogP contribution in [0.25, 0.3) is 0 Å². The van der Waals surface area contributed by atoms with E-state index in [1.165, 1.54) is 0 Å². The van der Waals surface area contributed by atoms with Gasteiger partial charge in [0.05, 0.1) is 6.42 Å². The number of para-hydroxylation sites is 1. The third-order valence-corrected chi connectivity index (χ3v) is 2.16. The van der Waals surface area contributed by atoms with Gasteiger partial charge >= 0.3 is 6.09 Å². The number of hydrazine groups is 1. The lowest BCUT2D eigenvalue weighted by atomic mass is 10.1. The maximum atomic E-state index is 11.7. The van der Waals surface area contributed by atoms with Gasteiger partial charge in [-0.3, -0.25) is 15.5 Å². The van der Waals surface area contributed by atoms with Crippen molar-refractivity contribution in [2.45, 2.75) is 32.8 Å². The van der Waals surface area contributed by atoms with Crippen molar-refractivity contribution in [2.24, 2.45) is 5.84 Å². The van der Waals surface area contributed by atoms with Gasteiger partial charge in [0, 0.05) is 5.69 Å². The molecule has 104 valence electrons. The monoisotopic (exact) mass is 265 g/mol. The van der Waals surface area contributed by atoms with Crippen molar-refractivity contribution in [3.8, 4) is 0 Å². The number of hydrogen-bond donors (Lipinski definition) is 3. The third kappa shape index (κ3) is 5.39. The summed E-state index contributed by atoms with van der Waals surface area (Å²) in [6.07, 6.45) is -0.476. The molecular weight excluding hydrogens is 246 g/mol. The van der Waals surface area contributed by atoms with E-state index in [0.717, 1.165) is 0 Å². The molecule has 1 rings (SSSR count). The average molecular weight is 265 g/mol. The summed E-state index contributed by atoms with van der Waals surface area (Å²) in [5, 5.41) is 2.61. The van der Waals surface area contributed by atoms with Gasteiger partial charge in [-0.1, -0.05) is 18.2 Å². The molecule has 0 radical (unpaired) electrons. The number of carbonyl (C=O) groups is 2. The van der Waals surface area contributed by atoms with E-state index in [1.54, 1.807) is 45.0 Å². The molecule has 0 saturated carbocycles. The zero-order chi connectivity index (χ0) is 14.5. The summed E-state index contributed by atoms with van der Waals surface area (Å²) in [6.45, 7) is 5.33. The van der Waals surface area contributed by atoms with E-state index >= 15 is 0 Å². The first kappa shape index (κ1) is 15.0. The van der Waals surface area contributed by atoms with Crippen LogP contribution in [-0.2, 0) is 16.0 Å². The molecule has 1 aromatic carbocycles. The van der Waals surface area contributed by atoms with Crippen molar-refractivity contribution in [1.82, 2.24) is 5.43 Å². The number of nitrogens with one attached hydrogen (secondary N) is 2. The molecule has 0 saturated heterocycles. The lowest BCUT2D eigenvalue weighted by Crippen LogP contribution is -2.32. The highest BCUT2D eigenvalue weighted by molar-refractivity contribution is 5.88. The van der Waals surface area contributed by atoms with Crippen LogP contribution >= 0.6 is 0 Å². The van der Waals surface area contributed by atoms with Crippen LogP contribution in [0.2, 0.25) is 0 Å². The lowest BCUT2D eigenvalue weighted by Gasteiger charge is -2.20. The Kier molecular flexibility index (Phi) is 4.88. The Morgan fingerprint density at radius 3 is 2.47 bits per heavy atom. The molecule has 0 unspecified atom stereocenters. The SMILES string of the molecule is CC(C)(C)OC(=O)Nc1ccccc1CC(=O)NN. The van der Waals surface area contributed by atoms with E-state index in [-0.39, 0.29) is 12.3 Å². The second-order valence-electron chi connectivity index (χ2n) is 5.03. The molecule has 0 bridgehead atoms. The van der Waals surface area contributed by atoms with Gasteiger partial charge in [0.2, 0.25) is 5.91 Å². The van der Waals surface area contributed by atoms with Crippen LogP contribution in [0, 0.1) is 0 Å².